The molecule has 1 saturated heterocycles. The van der Waals surface area contributed by atoms with Crippen molar-refractivity contribution >= 4 is 0 Å². The summed E-state index contributed by atoms with van der Waals surface area (Å²) in [6, 6.07) is 0. The SMILES string of the molecule is CC1CCC(C2COC(/C(F)=C/C(F)(F)F)OC2)CC1. The summed E-state index contributed by atoms with van der Waals surface area (Å²) in [4.78, 5) is 0. The number of hydrogen-bond acceptors (Lipinski definition) is 2. The molecule has 1 heterocycles. The van der Waals surface area contributed by atoms with Gasteiger partial charge in [-0.1, -0.05) is 19.8 Å². The van der Waals surface area contributed by atoms with E-state index in [9.17, 15) is 17.6 Å². The molecule has 0 N–H and O–H groups in total. The van der Waals surface area contributed by atoms with Crippen molar-refractivity contribution in [2.75, 3.05) is 13.2 Å². The van der Waals surface area contributed by atoms with Gasteiger partial charge in [0, 0.05) is 5.92 Å². The van der Waals surface area contributed by atoms with E-state index in [4.69, 9.17) is 9.47 Å². The van der Waals surface area contributed by atoms with Gasteiger partial charge in [-0.2, -0.15) is 13.2 Å². The molecule has 2 fully saturated rings. The molecule has 0 atom stereocenters. The van der Waals surface area contributed by atoms with Crippen LogP contribution in [-0.2, 0) is 9.47 Å². The number of alkyl halides is 3. The first kappa shape index (κ1) is 15.8. The topological polar surface area (TPSA) is 18.5 Å². The van der Waals surface area contributed by atoms with Crippen LogP contribution in [0.2, 0.25) is 0 Å². The minimum absolute atomic E-state index is 0.164. The first-order chi connectivity index (χ1) is 9.35. The minimum Gasteiger partial charge on any atom is -0.346 e. The molecule has 0 bridgehead atoms. The van der Waals surface area contributed by atoms with Crippen LogP contribution in [-0.4, -0.2) is 25.7 Å². The number of halogens is 4. The fourth-order valence-corrected chi connectivity index (χ4v) is 2.93. The largest absolute Gasteiger partial charge is 0.412 e. The maximum absolute atomic E-state index is 13.3. The lowest BCUT2D eigenvalue weighted by Crippen LogP contribution is -2.37. The van der Waals surface area contributed by atoms with Gasteiger partial charge in [-0.15, -0.1) is 0 Å². The second-order valence-electron chi connectivity index (χ2n) is 5.85. The zero-order valence-corrected chi connectivity index (χ0v) is 11.5. The first-order valence-corrected chi connectivity index (χ1v) is 7.03. The Kier molecular flexibility index (Phi) is 5.07. The Morgan fingerprint density at radius 1 is 1.00 bits per heavy atom. The van der Waals surface area contributed by atoms with Crippen molar-refractivity contribution in [3.05, 3.63) is 11.9 Å². The minimum atomic E-state index is -4.69. The summed E-state index contributed by atoms with van der Waals surface area (Å²) in [7, 11) is 0. The van der Waals surface area contributed by atoms with E-state index < -0.39 is 24.4 Å². The number of rotatable bonds is 2. The lowest BCUT2D eigenvalue weighted by atomic mass is 9.76. The number of hydrogen-bond donors (Lipinski definition) is 0. The van der Waals surface area contributed by atoms with E-state index in [1.165, 1.54) is 0 Å². The van der Waals surface area contributed by atoms with E-state index in [-0.39, 0.29) is 19.1 Å². The molecule has 1 aliphatic carbocycles. The van der Waals surface area contributed by atoms with Gasteiger partial charge in [-0.05, 0) is 24.7 Å². The number of ether oxygens (including phenoxy) is 2. The van der Waals surface area contributed by atoms with Crippen LogP contribution < -0.4 is 0 Å². The Labute approximate surface area is 116 Å². The van der Waals surface area contributed by atoms with Crippen LogP contribution in [0.25, 0.3) is 0 Å². The molecule has 0 aromatic heterocycles. The molecule has 1 aliphatic heterocycles. The first-order valence-electron chi connectivity index (χ1n) is 7.03. The quantitative estimate of drug-likeness (QED) is 0.710. The molecule has 2 rings (SSSR count). The molecule has 0 aromatic rings. The van der Waals surface area contributed by atoms with Crippen LogP contribution in [0, 0.1) is 17.8 Å². The average molecular weight is 296 g/mol. The van der Waals surface area contributed by atoms with E-state index in [2.05, 4.69) is 6.92 Å². The summed E-state index contributed by atoms with van der Waals surface area (Å²) in [5, 5.41) is 0. The second-order valence-corrected chi connectivity index (χ2v) is 5.85. The fraction of sp³-hybridized carbons (Fsp3) is 0.857. The molecule has 0 unspecified atom stereocenters. The predicted molar refractivity (Wildman–Crippen MR) is 65.6 cm³/mol. The van der Waals surface area contributed by atoms with Gasteiger partial charge in [0.1, 0.15) is 0 Å². The van der Waals surface area contributed by atoms with Gasteiger partial charge in [-0.3, -0.25) is 0 Å². The fourth-order valence-electron chi connectivity index (χ4n) is 2.93. The third-order valence-electron chi connectivity index (χ3n) is 4.18. The molecule has 1 saturated carbocycles. The van der Waals surface area contributed by atoms with Crippen LogP contribution in [0.3, 0.4) is 0 Å². The number of allylic oxidation sites excluding steroid dienone is 1. The molecule has 2 aliphatic rings. The van der Waals surface area contributed by atoms with Gasteiger partial charge >= 0.3 is 6.18 Å². The highest BCUT2D eigenvalue weighted by Crippen LogP contribution is 2.36. The van der Waals surface area contributed by atoms with E-state index >= 15 is 0 Å². The normalized spacial score (nSPS) is 37.0. The summed E-state index contributed by atoms with van der Waals surface area (Å²) in [5.74, 6) is -0.0379. The highest BCUT2D eigenvalue weighted by atomic mass is 19.4. The average Bonchev–Trinajstić information content (AvgIpc) is 2.38. The zero-order chi connectivity index (χ0) is 14.8. The van der Waals surface area contributed by atoms with E-state index in [1.807, 2.05) is 0 Å². The lowest BCUT2D eigenvalue weighted by Gasteiger charge is -2.36. The van der Waals surface area contributed by atoms with Crippen LogP contribution in [0.1, 0.15) is 32.6 Å². The summed E-state index contributed by atoms with van der Waals surface area (Å²) < 4.78 is 59.6. The van der Waals surface area contributed by atoms with Gasteiger partial charge in [0.25, 0.3) is 0 Å². The standard InChI is InChI=1S/C14H20F4O2/c1-9-2-4-10(5-3-9)11-7-19-13(20-8-11)12(15)6-14(16,17)18/h6,9-11,13H,2-5,7-8H2,1H3/b12-6-. The smallest absolute Gasteiger partial charge is 0.346 e. The molecule has 0 amide bonds. The Hall–Kier alpha value is -0.620. The predicted octanol–water partition coefficient (Wildman–Crippen LogP) is 4.22. The highest BCUT2D eigenvalue weighted by Gasteiger charge is 2.34. The van der Waals surface area contributed by atoms with Crippen molar-refractivity contribution in [3.8, 4) is 0 Å². The van der Waals surface area contributed by atoms with Crippen LogP contribution >= 0.6 is 0 Å². The van der Waals surface area contributed by atoms with Crippen molar-refractivity contribution in [3.63, 3.8) is 0 Å². The van der Waals surface area contributed by atoms with Crippen molar-refractivity contribution in [2.45, 2.75) is 45.1 Å². The van der Waals surface area contributed by atoms with Crippen LogP contribution in [0.5, 0.6) is 0 Å². The summed E-state index contributed by atoms with van der Waals surface area (Å²) in [5.41, 5.74) is 0. The molecule has 6 heteroatoms. The van der Waals surface area contributed by atoms with Gasteiger partial charge in [0.2, 0.25) is 6.29 Å². The highest BCUT2D eigenvalue weighted by molar-refractivity contribution is 5.01. The molecule has 0 aromatic carbocycles. The molecule has 116 valence electrons. The molecule has 0 radical (unpaired) electrons. The van der Waals surface area contributed by atoms with E-state index in [1.54, 1.807) is 0 Å². The monoisotopic (exact) mass is 296 g/mol. The van der Waals surface area contributed by atoms with Crippen molar-refractivity contribution in [1.29, 1.82) is 0 Å². The molecule has 0 spiro atoms. The van der Waals surface area contributed by atoms with Gasteiger partial charge in [0.05, 0.1) is 19.3 Å². The molecule has 2 nitrogen and oxygen atoms in total. The summed E-state index contributed by atoms with van der Waals surface area (Å²) in [6.07, 6.45) is -2.10. The lowest BCUT2D eigenvalue weighted by molar-refractivity contribution is -0.200. The maximum atomic E-state index is 13.3. The van der Waals surface area contributed by atoms with Crippen molar-refractivity contribution in [2.24, 2.45) is 17.8 Å². The maximum Gasteiger partial charge on any atom is 0.412 e. The van der Waals surface area contributed by atoms with Crippen molar-refractivity contribution < 1.29 is 27.0 Å². The summed E-state index contributed by atoms with van der Waals surface area (Å²) >= 11 is 0. The molecular formula is C14H20F4O2. The van der Waals surface area contributed by atoms with Crippen molar-refractivity contribution in [1.82, 2.24) is 0 Å². The third kappa shape index (κ3) is 4.45. The van der Waals surface area contributed by atoms with Gasteiger partial charge in [0.15, 0.2) is 5.83 Å². The Morgan fingerprint density at radius 3 is 2.05 bits per heavy atom. The van der Waals surface area contributed by atoms with Crippen LogP contribution in [0.15, 0.2) is 11.9 Å². The van der Waals surface area contributed by atoms with Crippen LogP contribution in [0.4, 0.5) is 17.6 Å². The summed E-state index contributed by atoms with van der Waals surface area (Å²) in [6.45, 7) is 2.75. The van der Waals surface area contributed by atoms with E-state index in [0.29, 0.717) is 5.92 Å². The molecular weight excluding hydrogens is 276 g/mol. The third-order valence-corrected chi connectivity index (χ3v) is 4.18. The zero-order valence-electron chi connectivity index (χ0n) is 11.5. The Morgan fingerprint density at radius 2 is 1.55 bits per heavy atom. The second kappa shape index (κ2) is 6.43. The Bertz CT molecular complexity index is 338. The van der Waals surface area contributed by atoms with Gasteiger partial charge < -0.3 is 9.47 Å². The molecule has 20 heavy (non-hydrogen) atoms. The van der Waals surface area contributed by atoms with E-state index in [0.717, 1.165) is 31.6 Å². The Balaban J connectivity index is 1.82. The van der Waals surface area contributed by atoms with Gasteiger partial charge in [-0.25, -0.2) is 4.39 Å².